The van der Waals surface area contributed by atoms with Crippen LogP contribution in [0.1, 0.15) is 51.9 Å². The SMILES string of the molecule is Cc1cc(C(=O)OCC(=O)NC2CCCc3ccccc32)c(C)o1. The molecule has 0 fully saturated rings. The van der Waals surface area contributed by atoms with Gasteiger partial charge in [0, 0.05) is 0 Å². The van der Waals surface area contributed by atoms with Crippen molar-refractivity contribution in [1.82, 2.24) is 5.32 Å². The van der Waals surface area contributed by atoms with E-state index in [1.807, 2.05) is 18.2 Å². The fraction of sp³-hybridized carbons (Fsp3) is 0.368. The van der Waals surface area contributed by atoms with Crippen molar-refractivity contribution in [1.29, 1.82) is 0 Å². The highest BCUT2D eigenvalue weighted by atomic mass is 16.5. The van der Waals surface area contributed by atoms with Crippen molar-refractivity contribution in [3.05, 3.63) is 58.5 Å². The average Bonchev–Trinajstić information content (AvgIpc) is 2.91. The van der Waals surface area contributed by atoms with Gasteiger partial charge in [-0.2, -0.15) is 0 Å². The molecular formula is C19H21NO4. The molecule has 0 saturated heterocycles. The molecule has 24 heavy (non-hydrogen) atoms. The van der Waals surface area contributed by atoms with Gasteiger partial charge in [-0.3, -0.25) is 4.79 Å². The lowest BCUT2D eigenvalue weighted by Gasteiger charge is -2.26. The fourth-order valence-corrected chi connectivity index (χ4v) is 3.18. The molecule has 3 rings (SSSR count). The number of fused-ring (bicyclic) bond motifs is 1. The van der Waals surface area contributed by atoms with Crippen molar-refractivity contribution in [2.24, 2.45) is 0 Å². The molecule has 5 heteroatoms. The Hall–Kier alpha value is -2.56. The molecule has 0 saturated carbocycles. The molecule has 5 nitrogen and oxygen atoms in total. The second-order valence-corrected chi connectivity index (χ2v) is 6.11. The summed E-state index contributed by atoms with van der Waals surface area (Å²) in [7, 11) is 0. The summed E-state index contributed by atoms with van der Waals surface area (Å²) < 4.78 is 10.4. The Balaban J connectivity index is 1.57. The average molecular weight is 327 g/mol. The molecule has 0 spiro atoms. The molecule has 0 bridgehead atoms. The third-order valence-electron chi connectivity index (χ3n) is 4.30. The predicted molar refractivity (Wildman–Crippen MR) is 88.7 cm³/mol. The number of nitrogens with one attached hydrogen (secondary N) is 1. The quantitative estimate of drug-likeness (QED) is 0.875. The molecule has 1 aromatic heterocycles. The Bertz CT molecular complexity index is 762. The number of hydrogen-bond donors (Lipinski definition) is 1. The van der Waals surface area contributed by atoms with E-state index in [2.05, 4.69) is 11.4 Å². The Morgan fingerprint density at radius 2 is 2.08 bits per heavy atom. The maximum Gasteiger partial charge on any atom is 0.342 e. The number of rotatable bonds is 4. The highest BCUT2D eigenvalue weighted by Gasteiger charge is 2.22. The molecule has 1 unspecified atom stereocenters. The molecule has 126 valence electrons. The Labute approximate surface area is 141 Å². The van der Waals surface area contributed by atoms with Gasteiger partial charge in [0.1, 0.15) is 17.1 Å². The lowest BCUT2D eigenvalue weighted by atomic mass is 9.88. The number of furan rings is 1. The zero-order valence-electron chi connectivity index (χ0n) is 13.9. The lowest BCUT2D eigenvalue weighted by Crippen LogP contribution is -2.34. The molecular weight excluding hydrogens is 306 g/mol. The van der Waals surface area contributed by atoms with E-state index in [9.17, 15) is 9.59 Å². The van der Waals surface area contributed by atoms with Gasteiger partial charge in [-0.25, -0.2) is 4.79 Å². The molecule has 0 aliphatic heterocycles. The largest absolute Gasteiger partial charge is 0.466 e. The molecule has 2 aromatic rings. The van der Waals surface area contributed by atoms with Crippen molar-refractivity contribution in [2.75, 3.05) is 6.61 Å². The zero-order chi connectivity index (χ0) is 17.1. The monoisotopic (exact) mass is 327 g/mol. The van der Waals surface area contributed by atoms with Crippen molar-refractivity contribution >= 4 is 11.9 Å². The first-order valence-corrected chi connectivity index (χ1v) is 8.16. The fourth-order valence-electron chi connectivity index (χ4n) is 3.18. The molecule has 0 radical (unpaired) electrons. The number of carbonyl (C=O) groups excluding carboxylic acids is 2. The van der Waals surface area contributed by atoms with Crippen LogP contribution in [0.5, 0.6) is 0 Å². The van der Waals surface area contributed by atoms with E-state index in [1.165, 1.54) is 5.56 Å². The highest BCUT2D eigenvalue weighted by Crippen LogP contribution is 2.29. The number of hydrogen-bond acceptors (Lipinski definition) is 4. The molecule has 1 aromatic carbocycles. The van der Waals surface area contributed by atoms with E-state index in [0.29, 0.717) is 17.1 Å². The third kappa shape index (κ3) is 3.50. The molecule has 1 aliphatic rings. The topological polar surface area (TPSA) is 68.5 Å². The maximum absolute atomic E-state index is 12.1. The normalized spacial score (nSPS) is 16.3. The van der Waals surface area contributed by atoms with E-state index in [0.717, 1.165) is 24.8 Å². The zero-order valence-corrected chi connectivity index (χ0v) is 13.9. The summed E-state index contributed by atoms with van der Waals surface area (Å²) in [6.07, 6.45) is 2.97. The Morgan fingerprint density at radius 3 is 2.83 bits per heavy atom. The van der Waals surface area contributed by atoms with Gasteiger partial charge >= 0.3 is 5.97 Å². The summed E-state index contributed by atoms with van der Waals surface area (Å²) in [6.45, 7) is 3.17. The van der Waals surface area contributed by atoms with Gasteiger partial charge in [0.2, 0.25) is 0 Å². The van der Waals surface area contributed by atoms with Crippen LogP contribution in [0, 0.1) is 13.8 Å². The number of esters is 1. The van der Waals surface area contributed by atoms with Gasteiger partial charge in [-0.1, -0.05) is 24.3 Å². The van der Waals surface area contributed by atoms with Crippen LogP contribution in [0.2, 0.25) is 0 Å². The Kier molecular flexibility index (Phi) is 4.69. The number of benzene rings is 1. The first-order chi connectivity index (χ1) is 11.5. The van der Waals surface area contributed by atoms with Crippen LogP contribution >= 0.6 is 0 Å². The minimum absolute atomic E-state index is 0.0148. The van der Waals surface area contributed by atoms with Gasteiger partial charge < -0.3 is 14.5 Å². The number of carbonyl (C=O) groups is 2. The van der Waals surface area contributed by atoms with E-state index in [1.54, 1.807) is 19.9 Å². The van der Waals surface area contributed by atoms with E-state index in [-0.39, 0.29) is 18.6 Å². The summed E-state index contributed by atoms with van der Waals surface area (Å²) >= 11 is 0. The van der Waals surface area contributed by atoms with Gasteiger partial charge in [0.05, 0.1) is 6.04 Å². The maximum atomic E-state index is 12.1. The van der Waals surface area contributed by atoms with E-state index in [4.69, 9.17) is 9.15 Å². The van der Waals surface area contributed by atoms with Gasteiger partial charge in [-0.15, -0.1) is 0 Å². The van der Waals surface area contributed by atoms with Crippen LogP contribution in [0.3, 0.4) is 0 Å². The third-order valence-corrected chi connectivity index (χ3v) is 4.30. The van der Waals surface area contributed by atoms with Crippen LogP contribution in [0.15, 0.2) is 34.7 Å². The number of amides is 1. The molecule has 1 atom stereocenters. The van der Waals surface area contributed by atoms with Crippen molar-refractivity contribution in [3.8, 4) is 0 Å². The smallest absolute Gasteiger partial charge is 0.342 e. The van der Waals surface area contributed by atoms with Crippen LogP contribution in [-0.2, 0) is 16.0 Å². The molecule has 1 amide bonds. The van der Waals surface area contributed by atoms with Crippen LogP contribution in [0.25, 0.3) is 0 Å². The molecule has 1 aliphatic carbocycles. The minimum Gasteiger partial charge on any atom is -0.466 e. The Morgan fingerprint density at radius 1 is 1.29 bits per heavy atom. The minimum atomic E-state index is -0.538. The second-order valence-electron chi connectivity index (χ2n) is 6.11. The molecule has 1 heterocycles. The van der Waals surface area contributed by atoms with E-state index >= 15 is 0 Å². The number of aryl methyl sites for hydroxylation is 3. The van der Waals surface area contributed by atoms with E-state index < -0.39 is 5.97 Å². The van der Waals surface area contributed by atoms with Crippen LogP contribution in [0.4, 0.5) is 0 Å². The molecule has 1 N–H and O–H groups in total. The highest BCUT2D eigenvalue weighted by molar-refractivity contribution is 5.92. The predicted octanol–water partition coefficient (Wildman–Crippen LogP) is 3.25. The van der Waals surface area contributed by atoms with Crippen molar-refractivity contribution in [3.63, 3.8) is 0 Å². The lowest BCUT2D eigenvalue weighted by molar-refractivity contribution is -0.125. The second kappa shape index (κ2) is 6.91. The van der Waals surface area contributed by atoms with Crippen LogP contribution < -0.4 is 5.32 Å². The standard InChI is InChI=1S/C19H21NO4/c1-12-10-16(13(2)24-12)19(22)23-11-18(21)20-17-9-5-7-14-6-3-4-8-15(14)17/h3-4,6,8,10,17H,5,7,9,11H2,1-2H3,(H,20,21). The van der Waals surface area contributed by atoms with Gasteiger partial charge in [0.25, 0.3) is 5.91 Å². The van der Waals surface area contributed by atoms with Gasteiger partial charge in [-0.05, 0) is 50.3 Å². The summed E-state index contributed by atoms with van der Waals surface area (Å²) in [5.74, 6) is 0.313. The summed E-state index contributed by atoms with van der Waals surface area (Å²) in [4.78, 5) is 24.1. The summed E-state index contributed by atoms with van der Waals surface area (Å²) in [5.41, 5.74) is 2.79. The summed E-state index contributed by atoms with van der Waals surface area (Å²) in [5, 5.41) is 2.96. The van der Waals surface area contributed by atoms with Crippen molar-refractivity contribution < 1.29 is 18.7 Å². The first kappa shape index (κ1) is 16.3. The number of ether oxygens (including phenoxy) is 1. The summed E-state index contributed by atoms with van der Waals surface area (Å²) in [6, 6.07) is 9.74. The van der Waals surface area contributed by atoms with Gasteiger partial charge in [0.15, 0.2) is 6.61 Å². The van der Waals surface area contributed by atoms with Crippen molar-refractivity contribution in [2.45, 2.75) is 39.2 Å². The first-order valence-electron chi connectivity index (χ1n) is 8.16. The van der Waals surface area contributed by atoms with Crippen LogP contribution in [-0.4, -0.2) is 18.5 Å².